The van der Waals surface area contributed by atoms with E-state index < -0.39 is 0 Å². The highest BCUT2D eigenvalue weighted by Crippen LogP contribution is 2.30. The summed E-state index contributed by atoms with van der Waals surface area (Å²) in [6.07, 6.45) is 1.81. The van der Waals surface area contributed by atoms with Gasteiger partial charge in [-0.25, -0.2) is 0 Å². The van der Waals surface area contributed by atoms with E-state index in [1.54, 1.807) is 6.07 Å². The minimum absolute atomic E-state index is 0.411. The number of halogens is 1. The molecule has 2 aromatic rings. The fourth-order valence-electron chi connectivity index (χ4n) is 2.17. The maximum Gasteiger partial charge on any atom is 0.260 e. The third-order valence-corrected chi connectivity index (χ3v) is 3.58. The molecule has 0 radical (unpaired) electrons. The average molecular weight is 280 g/mol. The number of para-hydroxylation sites is 1. The van der Waals surface area contributed by atoms with Gasteiger partial charge in [0, 0.05) is 19.6 Å². The number of aromatic nitrogens is 2. The van der Waals surface area contributed by atoms with Gasteiger partial charge in [0.1, 0.15) is 0 Å². The second-order valence-electron chi connectivity index (χ2n) is 4.65. The van der Waals surface area contributed by atoms with Crippen LogP contribution in [0.25, 0.3) is 11.5 Å². The molecule has 5 nitrogen and oxygen atoms in total. The normalized spacial score (nSPS) is 18.9. The van der Waals surface area contributed by atoms with Crippen LogP contribution in [0.2, 0.25) is 5.02 Å². The molecule has 100 valence electrons. The molecular weight excluding hydrogens is 266 g/mol. The van der Waals surface area contributed by atoms with Crippen LogP contribution in [0.1, 0.15) is 12.2 Å². The lowest BCUT2D eigenvalue weighted by molar-refractivity contribution is 0.185. The monoisotopic (exact) mass is 279 g/mol. The average Bonchev–Trinajstić information content (AvgIpc) is 3.05. The Bertz CT molecular complexity index is 579. The van der Waals surface area contributed by atoms with E-state index >= 15 is 0 Å². The number of nitrogen functional groups attached to an aromatic ring is 1. The van der Waals surface area contributed by atoms with Crippen LogP contribution in [0.15, 0.2) is 22.7 Å². The van der Waals surface area contributed by atoms with Gasteiger partial charge in [-0.1, -0.05) is 22.8 Å². The van der Waals surface area contributed by atoms with Crippen LogP contribution in [0, 0.1) is 5.92 Å². The Kier molecular flexibility index (Phi) is 3.40. The van der Waals surface area contributed by atoms with Crippen LogP contribution in [-0.4, -0.2) is 23.4 Å². The Hall–Kier alpha value is -1.59. The summed E-state index contributed by atoms with van der Waals surface area (Å²) < 4.78 is 10.6. The van der Waals surface area contributed by atoms with Crippen molar-refractivity contribution >= 4 is 17.3 Å². The molecule has 2 heterocycles. The molecule has 6 heteroatoms. The van der Waals surface area contributed by atoms with Crippen molar-refractivity contribution in [2.24, 2.45) is 5.92 Å². The van der Waals surface area contributed by atoms with Crippen LogP contribution in [0.5, 0.6) is 0 Å². The summed E-state index contributed by atoms with van der Waals surface area (Å²) in [6.45, 7) is 1.58. The van der Waals surface area contributed by atoms with Crippen LogP contribution in [0.4, 0.5) is 5.69 Å². The number of rotatable bonds is 3. The van der Waals surface area contributed by atoms with Gasteiger partial charge in [-0.3, -0.25) is 0 Å². The first kappa shape index (κ1) is 12.4. The number of nitrogens with zero attached hydrogens (tertiary/aromatic N) is 2. The zero-order valence-corrected chi connectivity index (χ0v) is 11.1. The largest absolute Gasteiger partial charge is 0.397 e. The minimum atomic E-state index is 0.411. The van der Waals surface area contributed by atoms with Gasteiger partial charge >= 0.3 is 0 Å². The van der Waals surface area contributed by atoms with Crippen LogP contribution in [-0.2, 0) is 11.2 Å². The fourth-order valence-corrected chi connectivity index (χ4v) is 2.35. The highest BCUT2D eigenvalue weighted by Gasteiger charge is 2.20. The Morgan fingerprint density at radius 3 is 3.11 bits per heavy atom. The van der Waals surface area contributed by atoms with Gasteiger partial charge in [0.05, 0.1) is 16.3 Å². The zero-order chi connectivity index (χ0) is 13.2. The summed E-state index contributed by atoms with van der Waals surface area (Å²) in [7, 11) is 0. The molecule has 1 aliphatic heterocycles. The first-order valence-corrected chi connectivity index (χ1v) is 6.56. The highest BCUT2D eigenvalue weighted by atomic mass is 35.5. The lowest BCUT2D eigenvalue weighted by Gasteiger charge is -2.02. The molecule has 0 spiro atoms. The van der Waals surface area contributed by atoms with Crippen molar-refractivity contribution in [2.45, 2.75) is 12.8 Å². The van der Waals surface area contributed by atoms with E-state index in [9.17, 15) is 0 Å². The molecular formula is C13H14ClN3O2. The van der Waals surface area contributed by atoms with Gasteiger partial charge in [-0.05, 0) is 24.5 Å². The van der Waals surface area contributed by atoms with E-state index in [4.69, 9.17) is 26.6 Å². The SMILES string of the molecule is Nc1c(Cl)cccc1-c1nc(CC2CCOC2)no1. The molecule has 0 saturated carbocycles. The second kappa shape index (κ2) is 5.19. The minimum Gasteiger partial charge on any atom is -0.397 e. The molecule has 1 fully saturated rings. The molecule has 19 heavy (non-hydrogen) atoms. The number of hydrogen-bond acceptors (Lipinski definition) is 5. The van der Waals surface area contributed by atoms with Gasteiger partial charge in [-0.15, -0.1) is 0 Å². The Labute approximate surface area is 115 Å². The van der Waals surface area contributed by atoms with E-state index in [-0.39, 0.29) is 0 Å². The Balaban J connectivity index is 1.82. The lowest BCUT2D eigenvalue weighted by atomic mass is 10.1. The molecule has 1 saturated heterocycles. The Morgan fingerprint density at radius 2 is 2.32 bits per heavy atom. The molecule has 0 amide bonds. The van der Waals surface area contributed by atoms with Crippen molar-refractivity contribution in [3.63, 3.8) is 0 Å². The van der Waals surface area contributed by atoms with Gasteiger partial charge in [-0.2, -0.15) is 4.98 Å². The van der Waals surface area contributed by atoms with Crippen LogP contribution in [0.3, 0.4) is 0 Å². The molecule has 1 aromatic carbocycles. The second-order valence-corrected chi connectivity index (χ2v) is 5.06. The number of nitrogens with two attached hydrogens (primary N) is 1. The molecule has 1 aromatic heterocycles. The zero-order valence-electron chi connectivity index (χ0n) is 10.3. The van der Waals surface area contributed by atoms with E-state index in [0.29, 0.717) is 33.9 Å². The predicted octanol–water partition coefficient (Wildman–Crippen LogP) is 2.55. The fraction of sp³-hybridized carbons (Fsp3) is 0.385. The van der Waals surface area contributed by atoms with Gasteiger partial charge in [0.25, 0.3) is 5.89 Å². The van der Waals surface area contributed by atoms with E-state index in [1.807, 2.05) is 12.1 Å². The summed E-state index contributed by atoms with van der Waals surface area (Å²) in [5.41, 5.74) is 7.04. The maximum absolute atomic E-state index is 5.98. The van der Waals surface area contributed by atoms with Crippen molar-refractivity contribution in [2.75, 3.05) is 18.9 Å². The molecule has 0 aliphatic carbocycles. The quantitative estimate of drug-likeness (QED) is 0.874. The number of ether oxygens (including phenoxy) is 1. The van der Waals surface area contributed by atoms with Gasteiger partial charge < -0.3 is 15.0 Å². The third kappa shape index (κ3) is 2.57. The van der Waals surface area contributed by atoms with Crippen molar-refractivity contribution in [3.8, 4) is 11.5 Å². The highest BCUT2D eigenvalue weighted by molar-refractivity contribution is 6.33. The summed E-state index contributed by atoms with van der Waals surface area (Å²) in [6, 6.07) is 5.35. The number of hydrogen-bond donors (Lipinski definition) is 1. The first-order valence-electron chi connectivity index (χ1n) is 6.18. The smallest absolute Gasteiger partial charge is 0.260 e. The molecule has 1 unspecified atom stereocenters. The summed E-state index contributed by atoms with van der Waals surface area (Å²) >= 11 is 5.98. The molecule has 0 bridgehead atoms. The van der Waals surface area contributed by atoms with Crippen molar-refractivity contribution < 1.29 is 9.26 Å². The predicted molar refractivity (Wildman–Crippen MR) is 71.8 cm³/mol. The summed E-state index contributed by atoms with van der Waals surface area (Å²) in [5.74, 6) is 1.57. The Morgan fingerprint density at radius 1 is 1.42 bits per heavy atom. The summed E-state index contributed by atoms with van der Waals surface area (Å²) in [5, 5.41) is 4.47. The third-order valence-electron chi connectivity index (χ3n) is 3.25. The number of benzene rings is 1. The van der Waals surface area contributed by atoms with Gasteiger partial charge in [0.2, 0.25) is 0 Å². The van der Waals surface area contributed by atoms with Crippen molar-refractivity contribution in [1.82, 2.24) is 10.1 Å². The molecule has 1 atom stereocenters. The van der Waals surface area contributed by atoms with E-state index in [2.05, 4.69) is 10.1 Å². The topological polar surface area (TPSA) is 74.2 Å². The maximum atomic E-state index is 5.98. The molecule has 3 rings (SSSR count). The van der Waals surface area contributed by atoms with E-state index in [0.717, 1.165) is 26.1 Å². The van der Waals surface area contributed by atoms with Gasteiger partial charge in [0.15, 0.2) is 5.82 Å². The molecule has 2 N–H and O–H groups in total. The lowest BCUT2D eigenvalue weighted by Crippen LogP contribution is -2.04. The summed E-state index contributed by atoms with van der Waals surface area (Å²) in [4.78, 5) is 4.37. The van der Waals surface area contributed by atoms with Crippen molar-refractivity contribution in [1.29, 1.82) is 0 Å². The van der Waals surface area contributed by atoms with E-state index in [1.165, 1.54) is 0 Å². The molecule has 1 aliphatic rings. The number of anilines is 1. The first-order chi connectivity index (χ1) is 9.24. The van der Waals surface area contributed by atoms with Crippen molar-refractivity contribution in [3.05, 3.63) is 29.0 Å². The van der Waals surface area contributed by atoms with Crippen LogP contribution < -0.4 is 5.73 Å². The standard InChI is InChI=1S/C13H14ClN3O2/c14-10-3-1-2-9(12(10)15)13-16-11(17-19-13)6-8-4-5-18-7-8/h1-3,8H,4-7,15H2. The van der Waals surface area contributed by atoms with Crippen LogP contribution >= 0.6 is 11.6 Å².